The second-order valence-electron chi connectivity index (χ2n) is 8.72. The molecule has 154 valence electrons. The molecular weight excluding hydrogens is 416 g/mol. The maximum Gasteiger partial charge on any atom is 0.265 e. The summed E-state index contributed by atoms with van der Waals surface area (Å²) in [5.74, 6) is 0.538. The molecule has 1 aromatic heterocycles. The average Bonchev–Trinajstić information content (AvgIpc) is 3.26. The highest BCUT2D eigenvalue weighted by atomic mass is 35.5. The molecule has 2 aliphatic heterocycles. The Morgan fingerprint density at radius 2 is 1.83 bits per heavy atom. The largest absolute Gasteiger partial charge is 0.347 e. The monoisotopic (exact) mass is 438 g/mol. The van der Waals surface area contributed by atoms with Gasteiger partial charge in [-0.05, 0) is 35.1 Å². The van der Waals surface area contributed by atoms with Gasteiger partial charge in [-0.25, -0.2) is 0 Å². The predicted molar refractivity (Wildman–Crippen MR) is 122 cm³/mol. The molecule has 2 aromatic carbocycles. The fraction of sp³-hybridized carbons (Fsp3) is 0.333. The van der Waals surface area contributed by atoms with Gasteiger partial charge >= 0.3 is 0 Å². The maximum atomic E-state index is 13.0. The quantitative estimate of drug-likeness (QED) is 0.591. The average molecular weight is 439 g/mol. The molecule has 3 aromatic rings. The smallest absolute Gasteiger partial charge is 0.265 e. The zero-order valence-corrected chi connectivity index (χ0v) is 18.6. The summed E-state index contributed by atoms with van der Waals surface area (Å²) in [6.45, 7) is 5.51. The van der Waals surface area contributed by atoms with Crippen LogP contribution in [0.5, 0.6) is 0 Å². The van der Waals surface area contributed by atoms with Crippen molar-refractivity contribution in [1.82, 2.24) is 10.2 Å². The maximum absolute atomic E-state index is 13.0. The van der Waals surface area contributed by atoms with Gasteiger partial charge in [-0.1, -0.05) is 61.8 Å². The summed E-state index contributed by atoms with van der Waals surface area (Å²) in [7, 11) is 0. The van der Waals surface area contributed by atoms with Gasteiger partial charge in [-0.2, -0.15) is 0 Å². The Hall–Kier alpha value is -2.37. The summed E-state index contributed by atoms with van der Waals surface area (Å²) in [4.78, 5) is 26.9. The third-order valence-electron chi connectivity index (χ3n) is 6.24. The van der Waals surface area contributed by atoms with Crippen LogP contribution in [0.2, 0.25) is 5.02 Å². The number of hydrogen-bond acceptors (Lipinski definition) is 3. The Balaban J connectivity index is 1.40. The van der Waals surface area contributed by atoms with Crippen LogP contribution in [0.15, 0.2) is 42.5 Å². The van der Waals surface area contributed by atoms with Crippen molar-refractivity contribution in [2.45, 2.75) is 38.1 Å². The van der Waals surface area contributed by atoms with Crippen LogP contribution in [0.1, 0.15) is 47.8 Å². The topological polar surface area (TPSA) is 49.4 Å². The minimum atomic E-state index is -0.217. The first-order valence-corrected chi connectivity index (χ1v) is 11.5. The third-order valence-corrected chi connectivity index (χ3v) is 7.89. The Labute approximate surface area is 184 Å². The van der Waals surface area contributed by atoms with Gasteiger partial charge in [0.25, 0.3) is 5.91 Å². The molecule has 4 nitrogen and oxygen atoms in total. The number of benzene rings is 2. The Bertz CT molecular complexity index is 1160. The lowest BCUT2D eigenvalue weighted by Crippen LogP contribution is -2.68. The van der Waals surface area contributed by atoms with Crippen LogP contribution < -0.4 is 5.32 Å². The molecule has 0 bridgehead atoms. The Kier molecular flexibility index (Phi) is 4.64. The number of likely N-dealkylation sites (tertiary alicyclic amines) is 1. The van der Waals surface area contributed by atoms with Crippen LogP contribution >= 0.6 is 22.9 Å². The number of thiophene rings is 1. The molecule has 2 saturated heterocycles. The van der Waals surface area contributed by atoms with Crippen LogP contribution in [0.3, 0.4) is 0 Å². The minimum absolute atomic E-state index is 0.0455. The normalized spacial score (nSPS) is 17.6. The lowest BCUT2D eigenvalue weighted by molar-refractivity contribution is -0.120. The van der Waals surface area contributed by atoms with Crippen molar-refractivity contribution in [3.8, 4) is 11.1 Å². The highest BCUT2D eigenvalue weighted by Crippen LogP contribution is 2.40. The van der Waals surface area contributed by atoms with E-state index in [9.17, 15) is 9.59 Å². The van der Waals surface area contributed by atoms with Gasteiger partial charge in [0, 0.05) is 29.6 Å². The number of amides is 2. The summed E-state index contributed by atoms with van der Waals surface area (Å²) in [6, 6.07) is 14.8. The van der Waals surface area contributed by atoms with Crippen molar-refractivity contribution in [2.75, 3.05) is 13.1 Å². The second kappa shape index (κ2) is 7.10. The fourth-order valence-corrected chi connectivity index (χ4v) is 5.94. The van der Waals surface area contributed by atoms with Crippen molar-refractivity contribution in [3.05, 3.63) is 57.9 Å². The van der Waals surface area contributed by atoms with E-state index < -0.39 is 0 Å². The summed E-state index contributed by atoms with van der Waals surface area (Å²) >= 11 is 8.05. The van der Waals surface area contributed by atoms with Crippen molar-refractivity contribution < 1.29 is 9.59 Å². The van der Waals surface area contributed by atoms with Gasteiger partial charge in [0.15, 0.2) is 0 Å². The van der Waals surface area contributed by atoms with Crippen LogP contribution in [-0.2, 0) is 4.79 Å². The molecule has 0 aliphatic carbocycles. The lowest BCUT2D eigenvalue weighted by Gasteiger charge is -2.47. The lowest BCUT2D eigenvalue weighted by atomic mass is 9.88. The zero-order valence-electron chi connectivity index (χ0n) is 17.0. The van der Waals surface area contributed by atoms with E-state index in [1.165, 1.54) is 16.9 Å². The standard InChI is InChI=1S/C24H23ClN2O2S/c1-14(2)15-3-5-16(6-4-15)17-7-8-18-19(11-17)30-22(21(18)25)23(29)27-12-24(13-27)10-9-20(28)26-24/h3-8,11,14H,9-10,12-13H2,1-2H3,(H,26,28). The number of nitrogens with zero attached hydrogens (tertiary/aromatic N) is 1. The molecule has 30 heavy (non-hydrogen) atoms. The molecule has 1 spiro atoms. The van der Waals surface area contributed by atoms with Crippen LogP contribution in [0.25, 0.3) is 21.2 Å². The van der Waals surface area contributed by atoms with E-state index in [0.717, 1.165) is 27.6 Å². The van der Waals surface area contributed by atoms with Crippen molar-refractivity contribution >= 4 is 44.8 Å². The zero-order chi connectivity index (χ0) is 21.0. The molecule has 2 aliphatic rings. The number of rotatable bonds is 3. The first-order chi connectivity index (χ1) is 14.3. The fourth-order valence-electron chi connectivity index (χ4n) is 4.43. The number of nitrogens with one attached hydrogen (secondary N) is 1. The van der Waals surface area contributed by atoms with Gasteiger partial charge in [0.2, 0.25) is 5.91 Å². The number of carbonyl (C=O) groups is 2. The van der Waals surface area contributed by atoms with E-state index in [2.05, 4.69) is 55.6 Å². The summed E-state index contributed by atoms with van der Waals surface area (Å²) < 4.78 is 1.01. The van der Waals surface area contributed by atoms with E-state index in [1.807, 2.05) is 6.07 Å². The van der Waals surface area contributed by atoms with Gasteiger partial charge in [0.05, 0.1) is 10.6 Å². The molecule has 3 heterocycles. The van der Waals surface area contributed by atoms with E-state index in [0.29, 0.717) is 35.3 Å². The molecule has 0 atom stereocenters. The molecule has 2 amide bonds. The molecule has 0 unspecified atom stereocenters. The first-order valence-electron chi connectivity index (χ1n) is 10.3. The van der Waals surface area contributed by atoms with Gasteiger partial charge in [-0.3, -0.25) is 9.59 Å². The number of carbonyl (C=O) groups excluding carboxylic acids is 2. The number of hydrogen-bond donors (Lipinski definition) is 1. The molecule has 1 N–H and O–H groups in total. The Morgan fingerprint density at radius 3 is 2.47 bits per heavy atom. The van der Waals surface area contributed by atoms with Crippen molar-refractivity contribution in [1.29, 1.82) is 0 Å². The van der Waals surface area contributed by atoms with Crippen LogP contribution in [-0.4, -0.2) is 35.3 Å². The van der Waals surface area contributed by atoms with Gasteiger partial charge in [-0.15, -0.1) is 11.3 Å². The predicted octanol–water partition coefficient (Wildman–Crippen LogP) is 5.45. The van der Waals surface area contributed by atoms with Crippen LogP contribution in [0, 0.1) is 0 Å². The van der Waals surface area contributed by atoms with E-state index in [1.54, 1.807) is 4.90 Å². The second-order valence-corrected chi connectivity index (χ2v) is 10.2. The first kappa shape index (κ1) is 19.6. The SMILES string of the molecule is CC(C)c1ccc(-c2ccc3c(Cl)c(C(=O)N4CC5(CCC(=O)N5)C4)sc3c2)cc1. The van der Waals surface area contributed by atoms with Crippen molar-refractivity contribution in [2.24, 2.45) is 0 Å². The van der Waals surface area contributed by atoms with Crippen LogP contribution in [0.4, 0.5) is 0 Å². The molecule has 0 radical (unpaired) electrons. The minimum Gasteiger partial charge on any atom is -0.347 e. The highest BCUT2D eigenvalue weighted by Gasteiger charge is 2.49. The summed E-state index contributed by atoms with van der Waals surface area (Å²) in [5, 5.41) is 4.46. The molecule has 6 heteroatoms. The highest BCUT2D eigenvalue weighted by molar-refractivity contribution is 7.21. The molecule has 2 fully saturated rings. The molecular formula is C24H23ClN2O2S. The van der Waals surface area contributed by atoms with E-state index in [-0.39, 0.29) is 17.4 Å². The van der Waals surface area contributed by atoms with Crippen molar-refractivity contribution in [3.63, 3.8) is 0 Å². The van der Waals surface area contributed by atoms with Gasteiger partial charge in [0.1, 0.15) is 4.88 Å². The number of halogens is 1. The van der Waals surface area contributed by atoms with E-state index >= 15 is 0 Å². The Morgan fingerprint density at radius 1 is 1.13 bits per heavy atom. The molecule has 0 saturated carbocycles. The third kappa shape index (κ3) is 3.21. The molecule has 5 rings (SSSR count). The van der Waals surface area contributed by atoms with E-state index in [4.69, 9.17) is 11.6 Å². The number of fused-ring (bicyclic) bond motifs is 1. The summed E-state index contributed by atoms with van der Waals surface area (Å²) in [5.41, 5.74) is 3.37. The van der Waals surface area contributed by atoms with Gasteiger partial charge < -0.3 is 10.2 Å². The summed E-state index contributed by atoms with van der Waals surface area (Å²) in [6.07, 6.45) is 1.35.